The van der Waals surface area contributed by atoms with Crippen LogP contribution in [0.15, 0.2) is 138 Å². The van der Waals surface area contributed by atoms with E-state index in [-0.39, 0.29) is 25.5 Å². The van der Waals surface area contributed by atoms with Crippen molar-refractivity contribution >= 4 is 61.7 Å². The number of hydrogen-bond acceptors (Lipinski definition) is 5. The van der Waals surface area contributed by atoms with E-state index < -0.39 is 13.3 Å². The zero-order valence-electron chi connectivity index (χ0n) is 41.4. The molecule has 5 aromatic heterocycles. The second kappa shape index (κ2) is 19.6. The molecule has 0 atom stereocenters. The van der Waals surface area contributed by atoms with Crippen molar-refractivity contribution in [1.29, 1.82) is 0 Å². The summed E-state index contributed by atoms with van der Waals surface area (Å²) in [5, 5.41) is 3.11. The molecule has 1 aliphatic carbocycles. The van der Waals surface area contributed by atoms with Crippen molar-refractivity contribution in [3.8, 4) is 39.5 Å². The molecule has 1 saturated carbocycles. The fourth-order valence-corrected chi connectivity index (χ4v) is 13.7. The van der Waals surface area contributed by atoms with E-state index in [4.69, 9.17) is 19.4 Å². The van der Waals surface area contributed by atoms with Crippen LogP contribution in [-0.4, -0.2) is 37.8 Å². The molecule has 351 valence electrons. The maximum atomic E-state index is 6.70. The standard InChI is InChI=1S/C44H39N4O.C17H22GeN.Ir/c1-27-17-20-34-37(45-27)22-23-38-40(34)48(39-24-18-30(26-36(39)44(2,3)4)29-13-6-5-7-14-29)42(47-38)35-16-10-15-32-33-21-19-31(25-28-11-8-9-12-28)46-43(33)49-41(32)35;1-13(2)15-11-17(14-9-7-6-8-10-14)19-12-16(15)18(3,4)5;/h5-7,10,13-15,17-24,26,28H,8-9,11-12,25H2,1-4H3;6-9,11-13H,1-5H3;/q2*-1;. The van der Waals surface area contributed by atoms with E-state index in [1.165, 1.54) is 52.3 Å². The molecule has 0 aliphatic heterocycles. The molecule has 1 fully saturated rings. The molecule has 0 bridgehead atoms. The van der Waals surface area contributed by atoms with Gasteiger partial charge in [-0.05, 0) is 89.9 Å². The average Bonchev–Trinajstić information content (AvgIpc) is 4.09. The normalized spacial score (nSPS) is 13.4. The topological polar surface area (TPSA) is 69.6 Å². The van der Waals surface area contributed by atoms with Crippen molar-refractivity contribution in [2.45, 2.75) is 102 Å². The van der Waals surface area contributed by atoms with E-state index in [1.807, 2.05) is 31.2 Å². The minimum Gasteiger partial charge on any atom is -0.486 e. The number of furan rings is 1. The number of imidazole rings is 1. The van der Waals surface area contributed by atoms with Gasteiger partial charge in [0.1, 0.15) is 0 Å². The quantitative estimate of drug-likeness (QED) is 0.112. The maximum absolute atomic E-state index is 6.70. The van der Waals surface area contributed by atoms with Gasteiger partial charge in [0.15, 0.2) is 0 Å². The van der Waals surface area contributed by atoms with Gasteiger partial charge in [-0.2, -0.15) is 0 Å². The van der Waals surface area contributed by atoms with Gasteiger partial charge in [0.25, 0.3) is 0 Å². The molecule has 69 heavy (non-hydrogen) atoms. The summed E-state index contributed by atoms with van der Waals surface area (Å²) in [4.78, 5) is 20.0. The predicted octanol–water partition coefficient (Wildman–Crippen LogP) is 15.6. The molecule has 0 saturated heterocycles. The Bertz CT molecular complexity index is 3450. The van der Waals surface area contributed by atoms with Crippen molar-refractivity contribution in [3.05, 3.63) is 168 Å². The first-order valence-electron chi connectivity index (χ1n) is 24.4. The van der Waals surface area contributed by atoms with Gasteiger partial charge in [-0.1, -0.05) is 93.8 Å². The SMILES string of the molecule is CC(C)c1cc(-c2[c-]cccc2)nc[c]1[Ge]([CH3])([CH3])[CH3].Cc1ccc2c(ccc3nc(-c4[c-]ccc5c4oc4nc(CC6CCCC6)ccc45)n(-c4ccc(-c5ccccc5)cc4C(C)(C)C)c32)n1.[Ir]. The molecule has 1 aliphatic rings. The fourth-order valence-electron chi connectivity index (χ4n) is 10.1. The van der Waals surface area contributed by atoms with Crippen LogP contribution in [0.4, 0.5) is 0 Å². The monoisotopic (exact) mass is 1150 g/mol. The van der Waals surface area contributed by atoms with Gasteiger partial charge in [-0.15, -0.1) is 18.2 Å². The van der Waals surface area contributed by atoms with E-state index in [1.54, 1.807) is 0 Å². The van der Waals surface area contributed by atoms with Crippen molar-refractivity contribution in [3.63, 3.8) is 0 Å². The molecule has 6 nitrogen and oxygen atoms in total. The van der Waals surface area contributed by atoms with Crippen LogP contribution in [0.5, 0.6) is 0 Å². The Morgan fingerprint density at radius 3 is 2.22 bits per heavy atom. The molecule has 11 rings (SSSR count). The van der Waals surface area contributed by atoms with Crippen LogP contribution in [-0.2, 0) is 31.9 Å². The van der Waals surface area contributed by atoms with Crippen LogP contribution < -0.4 is 4.40 Å². The summed E-state index contributed by atoms with van der Waals surface area (Å²) in [7, 11) is 0. The molecule has 0 spiro atoms. The summed E-state index contributed by atoms with van der Waals surface area (Å²) in [5.41, 5.74) is 15.3. The summed E-state index contributed by atoms with van der Waals surface area (Å²) in [5.74, 6) is 9.34. The molecule has 10 aromatic rings. The second-order valence-corrected chi connectivity index (χ2v) is 31.7. The molecule has 0 amide bonds. The summed E-state index contributed by atoms with van der Waals surface area (Å²) in [6.45, 7) is 13.4. The molecular formula is C61H61GeIrN5O-2. The third-order valence-corrected chi connectivity index (χ3v) is 17.9. The Morgan fingerprint density at radius 1 is 0.739 bits per heavy atom. The molecule has 0 unspecified atom stereocenters. The minimum atomic E-state index is -1.85. The molecule has 8 heteroatoms. The second-order valence-electron chi connectivity index (χ2n) is 21.1. The summed E-state index contributed by atoms with van der Waals surface area (Å²) in [6, 6.07) is 51.5. The number of rotatable bonds is 8. The van der Waals surface area contributed by atoms with Gasteiger partial charge in [0, 0.05) is 48.0 Å². The van der Waals surface area contributed by atoms with Gasteiger partial charge in [-0.3, -0.25) is 9.97 Å². The first-order chi connectivity index (χ1) is 32.7. The van der Waals surface area contributed by atoms with Gasteiger partial charge in [0.05, 0.1) is 28.0 Å². The Kier molecular flexibility index (Phi) is 13.7. The van der Waals surface area contributed by atoms with Gasteiger partial charge in [-0.25, -0.2) is 4.98 Å². The maximum Gasteiger partial charge on any atom is 0.216 e. The number of aryl methyl sites for hydroxylation is 1. The number of aromatic nitrogens is 5. The number of pyridine rings is 3. The van der Waals surface area contributed by atoms with E-state index in [2.05, 4.69) is 183 Å². The van der Waals surface area contributed by atoms with E-state index in [9.17, 15) is 0 Å². The molecule has 1 radical (unpaired) electrons. The van der Waals surface area contributed by atoms with Crippen LogP contribution in [0.1, 0.15) is 88.7 Å². The third kappa shape index (κ3) is 9.76. The zero-order chi connectivity index (χ0) is 47.3. The zero-order valence-corrected chi connectivity index (χ0v) is 45.9. The van der Waals surface area contributed by atoms with Gasteiger partial charge < -0.3 is 8.98 Å². The number of nitrogens with zero attached hydrogens (tertiary/aromatic N) is 5. The van der Waals surface area contributed by atoms with Crippen LogP contribution >= 0.6 is 0 Å². The summed E-state index contributed by atoms with van der Waals surface area (Å²) < 4.78 is 10.5. The molecule has 0 N–H and O–H groups in total. The molecular weight excluding hydrogens is 1080 g/mol. The van der Waals surface area contributed by atoms with Gasteiger partial charge >= 0.3 is 119 Å². The Labute approximate surface area is 423 Å². The van der Waals surface area contributed by atoms with Crippen molar-refractivity contribution in [1.82, 2.24) is 24.5 Å². The first kappa shape index (κ1) is 48.3. The number of benzene rings is 5. The van der Waals surface area contributed by atoms with Crippen molar-refractivity contribution < 1.29 is 24.5 Å². The Hall–Kier alpha value is -5.73. The smallest absolute Gasteiger partial charge is 0.216 e. The third-order valence-electron chi connectivity index (χ3n) is 13.7. The van der Waals surface area contributed by atoms with Gasteiger partial charge in [0.2, 0.25) is 5.71 Å². The number of hydrogen-bond donors (Lipinski definition) is 0. The predicted molar refractivity (Wildman–Crippen MR) is 286 cm³/mol. The van der Waals surface area contributed by atoms with Crippen molar-refractivity contribution in [2.24, 2.45) is 5.92 Å². The summed E-state index contributed by atoms with van der Waals surface area (Å²) in [6.07, 6.45) is 8.37. The Balaban J connectivity index is 0.000000250. The van der Waals surface area contributed by atoms with Crippen LogP contribution in [0, 0.1) is 25.0 Å². The van der Waals surface area contributed by atoms with E-state index in [0.29, 0.717) is 11.6 Å². The van der Waals surface area contributed by atoms with E-state index in [0.717, 1.165) is 90.4 Å². The van der Waals surface area contributed by atoms with Crippen molar-refractivity contribution in [2.75, 3.05) is 0 Å². The van der Waals surface area contributed by atoms with Crippen LogP contribution in [0.2, 0.25) is 17.3 Å². The fraction of sp³-hybridized carbons (Fsp3) is 0.279. The minimum absolute atomic E-state index is 0. The average molecular weight is 1150 g/mol. The first-order valence-corrected chi connectivity index (χ1v) is 31.8. The molecule has 5 heterocycles. The summed E-state index contributed by atoms with van der Waals surface area (Å²) >= 11 is -1.85. The largest absolute Gasteiger partial charge is 0.486 e. The van der Waals surface area contributed by atoms with Crippen LogP contribution in [0.3, 0.4) is 0 Å². The van der Waals surface area contributed by atoms with E-state index >= 15 is 0 Å². The Morgan fingerprint density at radius 2 is 1.49 bits per heavy atom. The van der Waals surface area contributed by atoms with Crippen LogP contribution in [0.25, 0.3) is 83.5 Å². The molecule has 5 aromatic carbocycles. The number of fused-ring (bicyclic) bond motifs is 6.